The van der Waals surface area contributed by atoms with E-state index in [1.54, 1.807) is 29.9 Å². The summed E-state index contributed by atoms with van der Waals surface area (Å²) < 4.78 is 0. The predicted molar refractivity (Wildman–Crippen MR) is 60.1 cm³/mol. The van der Waals surface area contributed by atoms with Crippen LogP contribution in [-0.4, -0.2) is 9.97 Å². The van der Waals surface area contributed by atoms with Gasteiger partial charge >= 0.3 is 0 Å². The van der Waals surface area contributed by atoms with Crippen LogP contribution in [0, 0.1) is 0 Å². The molecule has 0 aliphatic heterocycles. The van der Waals surface area contributed by atoms with Gasteiger partial charge in [-0.2, -0.15) is 0 Å². The van der Waals surface area contributed by atoms with Crippen LogP contribution < -0.4 is 11.3 Å². The molecule has 4 nitrogen and oxygen atoms in total. The number of nitrogens with zero attached hydrogens (tertiary/aromatic N) is 2. The number of hydrogen-bond acceptors (Lipinski definition) is 5. The summed E-state index contributed by atoms with van der Waals surface area (Å²) in [6.07, 6.45) is 5.90. The molecule has 1 atom stereocenters. The smallest absolute Gasteiger partial charge is 0.0773 e. The molecule has 0 aromatic carbocycles. The summed E-state index contributed by atoms with van der Waals surface area (Å²) >= 11 is 1.72. The number of thiophene rings is 1. The second-order valence-corrected chi connectivity index (χ2v) is 4.17. The van der Waals surface area contributed by atoms with Crippen LogP contribution in [0.25, 0.3) is 0 Å². The van der Waals surface area contributed by atoms with Crippen molar-refractivity contribution in [1.29, 1.82) is 0 Å². The summed E-state index contributed by atoms with van der Waals surface area (Å²) in [7, 11) is 0. The minimum absolute atomic E-state index is 0.0253. The standard InChI is InChI=1S/C10H12N4S/c11-14-9(6-8-2-1-5-15-8)10-7-12-3-4-13-10/h1-5,7,9,14H,6,11H2. The lowest BCUT2D eigenvalue weighted by Gasteiger charge is -2.13. The minimum Gasteiger partial charge on any atom is -0.271 e. The Labute approximate surface area is 92.2 Å². The highest BCUT2D eigenvalue weighted by Crippen LogP contribution is 2.18. The van der Waals surface area contributed by atoms with Crippen molar-refractivity contribution in [3.63, 3.8) is 0 Å². The van der Waals surface area contributed by atoms with E-state index >= 15 is 0 Å². The van der Waals surface area contributed by atoms with Gasteiger partial charge in [-0.1, -0.05) is 6.07 Å². The van der Waals surface area contributed by atoms with E-state index in [0.717, 1.165) is 12.1 Å². The highest BCUT2D eigenvalue weighted by molar-refractivity contribution is 7.09. The van der Waals surface area contributed by atoms with E-state index in [4.69, 9.17) is 5.84 Å². The molecule has 0 aliphatic carbocycles. The zero-order chi connectivity index (χ0) is 10.5. The second kappa shape index (κ2) is 4.97. The fourth-order valence-corrected chi connectivity index (χ4v) is 2.12. The van der Waals surface area contributed by atoms with E-state index in [9.17, 15) is 0 Å². The molecule has 0 saturated carbocycles. The van der Waals surface area contributed by atoms with Crippen molar-refractivity contribution in [2.45, 2.75) is 12.5 Å². The van der Waals surface area contributed by atoms with Gasteiger partial charge in [-0.3, -0.25) is 21.2 Å². The Kier molecular flexibility index (Phi) is 3.39. The summed E-state index contributed by atoms with van der Waals surface area (Å²) in [5.41, 5.74) is 3.63. The molecule has 0 spiro atoms. The van der Waals surface area contributed by atoms with Crippen LogP contribution >= 0.6 is 11.3 Å². The zero-order valence-corrected chi connectivity index (χ0v) is 8.95. The Morgan fingerprint density at radius 3 is 3.00 bits per heavy atom. The van der Waals surface area contributed by atoms with Gasteiger partial charge in [0.05, 0.1) is 17.9 Å². The quantitative estimate of drug-likeness (QED) is 0.602. The molecule has 78 valence electrons. The highest BCUT2D eigenvalue weighted by Gasteiger charge is 2.12. The van der Waals surface area contributed by atoms with Gasteiger partial charge in [-0.25, -0.2) is 0 Å². The first-order valence-electron chi connectivity index (χ1n) is 4.64. The van der Waals surface area contributed by atoms with Crippen molar-refractivity contribution < 1.29 is 0 Å². The summed E-state index contributed by atoms with van der Waals surface area (Å²) in [5.74, 6) is 5.51. The Morgan fingerprint density at radius 2 is 2.40 bits per heavy atom. The van der Waals surface area contributed by atoms with Crippen molar-refractivity contribution in [1.82, 2.24) is 15.4 Å². The van der Waals surface area contributed by atoms with E-state index in [-0.39, 0.29) is 6.04 Å². The Balaban J connectivity index is 2.12. The molecule has 5 heteroatoms. The third-order valence-electron chi connectivity index (χ3n) is 2.13. The van der Waals surface area contributed by atoms with Crippen LogP contribution in [-0.2, 0) is 6.42 Å². The lowest BCUT2D eigenvalue weighted by atomic mass is 10.1. The molecule has 2 aromatic rings. The molecule has 1 unspecified atom stereocenters. The first-order chi connectivity index (χ1) is 7.40. The molecule has 3 N–H and O–H groups in total. The monoisotopic (exact) mass is 220 g/mol. The van der Waals surface area contributed by atoms with E-state index in [0.29, 0.717) is 0 Å². The Bertz CT molecular complexity index is 387. The topological polar surface area (TPSA) is 63.8 Å². The Morgan fingerprint density at radius 1 is 1.47 bits per heavy atom. The number of nitrogens with one attached hydrogen (secondary N) is 1. The maximum atomic E-state index is 5.51. The van der Waals surface area contributed by atoms with Gasteiger partial charge in [0, 0.05) is 23.7 Å². The van der Waals surface area contributed by atoms with Gasteiger partial charge in [0.25, 0.3) is 0 Å². The molecule has 0 radical (unpaired) electrons. The number of hydrogen-bond donors (Lipinski definition) is 2. The minimum atomic E-state index is 0.0253. The normalized spacial score (nSPS) is 12.6. The average Bonchev–Trinajstić information content (AvgIpc) is 2.80. The largest absolute Gasteiger partial charge is 0.271 e. The molecule has 0 bridgehead atoms. The van der Waals surface area contributed by atoms with Gasteiger partial charge in [0.15, 0.2) is 0 Å². The predicted octanol–water partition coefficient (Wildman–Crippen LogP) is 1.29. The van der Waals surface area contributed by atoms with Gasteiger partial charge in [0.2, 0.25) is 0 Å². The molecule has 15 heavy (non-hydrogen) atoms. The van der Waals surface area contributed by atoms with Gasteiger partial charge in [-0.15, -0.1) is 11.3 Å². The van der Waals surface area contributed by atoms with Gasteiger partial charge in [-0.05, 0) is 11.4 Å². The zero-order valence-electron chi connectivity index (χ0n) is 8.13. The molecule has 0 fully saturated rings. The first kappa shape index (κ1) is 10.2. The third-order valence-corrected chi connectivity index (χ3v) is 3.03. The number of nitrogens with two attached hydrogens (primary N) is 1. The van der Waals surface area contributed by atoms with Crippen LogP contribution in [0.15, 0.2) is 36.1 Å². The molecule has 0 aliphatic rings. The fraction of sp³-hybridized carbons (Fsp3) is 0.200. The van der Waals surface area contributed by atoms with Gasteiger partial charge < -0.3 is 0 Å². The third kappa shape index (κ3) is 2.59. The van der Waals surface area contributed by atoms with Crippen molar-refractivity contribution >= 4 is 11.3 Å². The Hall–Kier alpha value is -1.30. The molecule has 0 saturated heterocycles. The fourth-order valence-electron chi connectivity index (χ4n) is 1.37. The average molecular weight is 220 g/mol. The van der Waals surface area contributed by atoms with Crippen LogP contribution in [0.1, 0.15) is 16.6 Å². The second-order valence-electron chi connectivity index (χ2n) is 3.13. The SMILES string of the molecule is NNC(Cc1cccs1)c1cnccn1. The van der Waals surface area contributed by atoms with Crippen molar-refractivity contribution in [3.05, 3.63) is 46.7 Å². The van der Waals surface area contributed by atoms with Crippen LogP contribution in [0.2, 0.25) is 0 Å². The number of hydrazine groups is 1. The van der Waals surface area contributed by atoms with Crippen LogP contribution in [0.3, 0.4) is 0 Å². The summed E-state index contributed by atoms with van der Waals surface area (Å²) in [4.78, 5) is 9.54. The first-order valence-corrected chi connectivity index (χ1v) is 5.52. The summed E-state index contributed by atoms with van der Waals surface area (Å²) in [6, 6.07) is 4.15. The van der Waals surface area contributed by atoms with E-state index in [1.165, 1.54) is 4.88 Å². The van der Waals surface area contributed by atoms with Crippen molar-refractivity contribution in [3.8, 4) is 0 Å². The van der Waals surface area contributed by atoms with Crippen LogP contribution in [0.5, 0.6) is 0 Å². The van der Waals surface area contributed by atoms with E-state index in [2.05, 4.69) is 26.8 Å². The number of aromatic nitrogens is 2. The van der Waals surface area contributed by atoms with Gasteiger partial charge in [0.1, 0.15) is 0 Å². The van der Waals surface area contributed by atoms with Crippen molar-refractivity contribution in [2.24, 2.45) is 5.84 Å². The van der Waals surface area contributed by atoms with E-state index in [1.807, 2.05) is 6.07 Å². The molecule has 2 heterocycles. The maximum absolute atomic E-state index is 5.51. The van der Waals surface area contributed by atoms with Crippen molar-refractivity contribution in [2.75, 3.05) is 0 Å². The molecular formula is C10H12N4S. The molecule has 2 aromatic heterocycles. The lowest BCUT2D eigenvalue weighted by molar-refractivity contribution is 0.539. The number of rotatable bonds is 4. The van der Waals surface area contributed by atoms with E-state index < -0.39 is 0 Å². The molecular weight excluding hydrogens is 208 g/mol. The maximum Gasteiger partial charge on any atom is 0.0773 e. The highest BCUT2D eigenvalue weighted by atomic mass is 32.1. The molecule has 0 amide bonds. The summed E-state index contributed by atoms with van der Waals surface area (Å²) in [5, 5.41) is 2.06. The molecule has 2 rings (SSSR count). The van der Waals surface area contributed by atoms with Crippen LogP contribution in [0.4, 0.5) is 0 Å². The lowest BCUT2D eigenvalue weighted by Crippen LogP contribution is -2.30. The summed E-state index contributed by atoms with van der Waals surface area (Å²) in [6.45, 7) is 0.